The highest BCUT2D eigenvalue weighted by atomic mass is 127. The highest BCUT2D eigenvalue weighted by molar-refractivity contribution is 14.0. The number of aliphatic imine (C=N–C) groups is 1. The molecule has 0 unspecified atom stereocenters. The molecule has 2 rings (SSSR count). The van der Waals surface area contributed by atoms with Crippen molar-refractivity contribution in [2.24, 2.45) is 10.9 Å². The molecule has 1 fully saturated rings. The minimum absolute atomic E-state index is 0. The van der Waals surface area contributed by atoms with Crippen LogP contribution in [0.15, 0.2) is 27.7 Å². The summed E-state index contributed by atoms with van der Waals surface area (Å²) in [5.74, 6) is 1.09. The van der Waals surface area contributed by atoms with E-state index in [1.807, 2.05) is 6.07 Å². The quantitative estimate of drug-likeness (QED) is 0.227. The zero-order valence-corrected chi connectivity index (χ0v) is 19.0. The summed E-state index contributed by atoms with van der Waals surface area (Å²) < 4.78 is 25.2. The van der Waals surface area contributed by atoms with Crippen molar-refractivity contribution >= 4 is 45.9 Å². The van der Waals surface area contributed by atoms with Crippen molar-refractivity contribution in [1.82, 2.24) is 10.6 Å². The fourth-order valence-corrected chi connectivity index (χ4v) is 3.18. The number of hydrogen-bond acceptors (Lipinski definition) is 3. The number of rotatable bonds is 8. The van der Waals surface area contributed by atoms with Crippen molar-refractivity contribution in [3.63, 3.8) is 0 Å². The van der Waals surface area contributed by atoms with Gasteiger partial charge in [-0.1, -0.05) is 15.9 Å². The van der Waals surface area contributed by atoms with Crippen LogP contribution < -0.4 is 10.6 Å². The van der Waals surface area contributed by atoms with E-state index in [9.17, 15) is 4.39 Å². The first-order chi connectivity index (χ1) is 12.2. The van der Waals surface area contributed by atoms with Gasteiger partial charge in [-0.3, -0.25) is 4.99 Å². The molecule has 1 aromatic rings. The number of ether oxygens (including phenoxy) is 2. The molecule has 8 heteroatoms. The van der Waals surface area contributed by atoms with Gasteiger partial charge >= 0.3 is 0 Å². The second-order valence-electron chi connectivity index (χ2n) is 6.11. The van der Waals surface area contributed by atoms with E-state index in [-0.39, 0.29) is 29.8 Å². The second-order valence-corrected chi connectivity index (χ2v) is 7.03. The molecule has 0 atom stereocenters. The first-order valence-corrected chi connectivity index (χ1v) is 9.51. The summed E-state index contributed by atoms with van der Waals surface area (Å²) in [4.78, 5) is 4.17. The van der Waals surface area contributed by atoms with Gasteiger partial charge in [-0.05, 0) is 48.9 Å². The Bertz CT molecular complexity index is 537. The maximum absolute atomic E-state index is 13.4. The minimum atomic E-state index is -0.254. The Hall–Kier alpha value is -0.450. The number of nitrogens with zero attached hydrogens (tertiary/aromatic N) is 1. The van der Waals surface area contributed by atoms with Gasteiger partial charge in [-0.15, -0.1) is 24.0 Å². The van der Waals surface area contributed by atoms with Crippen LogP contribution in [0.1, 0.15) is 24.8 Å². The summed E-state index contributed by atoms with van der Waals surface area (Å²) in [5, 5.41) is 6.42. The fourth-order valence-electron chi connectivity index (χ4n) is 2.66. The fraction of sp³-hybridized carbons (Fsp3) is 0.611. The number of halogens is 3. The van der Waals surface area contributed by atoms with Gasteiger partial charge in [-0.2, -0.15) is 0 Å². The summed E-state index contributed by atoms with van der Waals surface area (Å²) in [5.41, 5.74) is 0.856. The lowest BCUT2D eigenvalue weighted by Crippen LogP contribution is -2.37. The van der Waals surface area contributed by atoms with Crippen molar-refractivity contribution < 1.29 is 13.9 Å². The van der Waals surface area contributed by atoms with Crippen LogP contribution in [0.2, 0.25) is 0 Å². The SMILES string of the molecule is CN=C(NCCCOCC1CCOCC1)NCc1cc(F)cc(Br)c1.I. The molecule has 0 spiro atoms. The Morgan fingerprint density at radius 3 is 2.77 bits per heavy atom. The van der Waals surface area contributed by atoms with Crippen molar-refractivity contribution in [2.45, 2.75) is 25.8 Å². The van der Waals surface area contributed by atoms with Gasteiger partial charge in [0.15, 0.2) is 5.96 Å². The summed E-state index contributed by atoms with van der Waals surface area (Å²) in [7, 11) is 1.72. The van der Waals surface area contributed by atoms with E-state index in [2.05, 4.69) is 31.6 Å². The first-order valence-electron chi connectivity index (χ1n) is 8.72. The maximum Gasteiger partial charge on any atom is 0.191 e. The molecule has 1 aliphatic heterocycles. The van der Waals surface area contributed by atoms with Crippen LogP contribution in [-0.2, 0) is 16.0 Å². The molecule has 1 saturated heterocycles. The second kappa shape index (κ2) is 13.7. The molecule has 0 saturated carbocycles. The normalized spacial score (nSPS) is 15.4. The van der Waals surface area contributed by atoms with Gasteiger partial charge in [0.1, 0.15) is 5.82 Å². The molecular formula is C18H28BrFIN3O2. The lowest BCUT2D eigenvalue weighted by atomic mass is 10.0. The number of benzene rings is 1. The molecule has 0 aliphatic carbocycles. The van der Waals surface area contributed by atoms with E-state index in [0.717, 1.165) is 62.3 Å². The molecule has 0 aromatic heterocycles. The van der Waals surface area contributed by atoms with E-state index >= 15 is 0 Å². The zero-order chi connectivity index (χ0) is 17.9. The van der Waals surface area contributed by atoms with Crippen LogP contribution in [0.5, 0.6) is 0 Å². The molecule has 26 heavy (non-hydrogen) atoms. The van der Waals surface area contributed by atoms with Crippen LogP contribution in [0, 0.1) is 11.7 Å². The smallest absolute Gasteiger partial charge is 0.191 e. The molecule has 0 bridgehead atoms. The van der Waals surface area contributed by atoms with Gasteiger partial charge in [0.2, 0.25) is 0 Å². The molecule has 1 aliphatic rings. The topological polar surface area (TPSA) is 54.9 Å². The molecule has 1 heterocycles. The van der Waals surface area contributed by atoms with Crippen LogP contribution in [-0.4, -0.2) is 46.0 Å². The van der Waals surface area contributed by atoms with Crippen LogP contribution in [0.4, 0.5) is 4.39 Å². The summed E-state index contributed by atoms with van der Waals surface area (Å²) in [6, 6.07) is 4.83. The number of guanidine groups is 1. The van der Waals surface area contributed by atoms with E-state index in [0.29, 0.717) is 18.4 Å². The molecule has 148 valence electrons. The number of nitrogens with one attached hydrogen (secondary N) is 2. The monoisotopic (exact) mass is 543 g/mol. The third-order valence-corrected chi connectivity index (χ3v) is 4.52. The maximum atomic E-state index is 13.4. The standard InChI is InChI=1S/C18H27BrFN3O2.HI/c1-21-18(23-12-15-9-16(19)11-17(20)10-15)22-5-2-6-25-13-14-3-7-24-8-4-14;/h9-11,14H,2-8,12-13H2,1H3,(H2,21,22,23);1H. The van der Waals surface area contributed by atoms with Crippen LogP contribution in [0.3, 0.4) is 0 Å². The molecule has 0 radical (unpaired) electrons. The van der Waals surface area contributed by atoms with Crippen molar-refractivity contribution in [1.29, 1.82) is 0 Å². The Kier molecular flexibility index (Phi) is 12.4. The van der Waals surface area contributed by atoms with Gasteiger partial charge < -0.3 is 20.1 Å². The lowest BCUT2D eigenvalue weighted by Gasteiger charge is -2.21. The van der Waals surface area contributed by atoms with E-state index < -0.39 is 0 Å². The van der Waals surface area contributed by atoms with Gasteiger partial charge in [-0.25, -0.2) is 4.39 Å². The average Bonchev–Trinajstić information content (AvgIpc) is 2.60. The Labute approximate surface area is 180 Å². The Morgan fingerprint density at radius 2 is 2.08 bits per heavy atom. The third-order valence-electron chi connectivity index (χ3n) is 4.06. The largest absolute Gasteiger partial charge is 0.381 e. The van der Waals surface area contributed by atoms with Crippen LogP contribution >= 0.6 is 39.9 Å². The number of hydrogen-bond donors (Lipinski definition) is 2. The highest BCUT2D eigenvalue weighted by Gasteiger charge is 2.13. The highest BCUT2D eigenvalue weighted by Crippen LogP contribution is 2.15. The van der Waals surface area contributed by atoms with Crippen LogP contribution in [0.25, 0.3) is 0 Å². The van der Waals surface area contributed by atoms with Gasteiger partial charge in [0.25, 0.3) is 0 Å². The van der Waals surface area contributed by atoms with Crippen molar-refractivity contribution in [3.05, 3.63) is 34.1 Å². The van der Waals surface area contributed by atoms with Crippen molar-refractivity contribution in [2.75, 3.05) is 40.0 Å². The minimum Gasteiger partial charge on any atom is -0.381 e. The Balaban J connectivity index is 0.00000338. The van der Waals surface area contributed by atoms with Gasteiger partial charge in [0, 0.05) is 51.0 Å². The molecule has 2 N–H and O–H groups in total. The molecular weight excluding hydrogens is 516 g/mol. The summed E-state index contributed by atoms with van der Waals surface area (Å²) in [6.45, 7) is 4.57. The third kappa shape index (κ3) is 9.48. The van der Waals surface area contributed by atoms with Gasteiger partial charge in [0.05, 0.1) is 0 Å². The molecule has 0 amide bonds. The summed E-state index contributed by atoms with van der Waals surface area (Å²) >= 11 is 3.30. The van der Waals surface area contributed by atoms with E-state index in [1.165, 1.54) is 12.1 Å². The van der Waals surface area contributed by atoms with E-state index in [4.69, 9.17) is 9.47 Å². The first kappa shape index (κ1) is 23.6. The Morgan fingerprint density at radius 1 is 1.31 bits per heavy atom. The lowest BCUT2D eigenvalue weighted by molar-refractivity contribution is 0.0203. The summed E-state index contributed by atoms with van der Waals surface area (Å²) in [6.07, 6.45) is 3.12. The molecule has 1 aromatic carbocycles. The molecule has 5 nitrogen and oxygen atoms in total. The van der Waals surface area contributed by atoms with E-state index in [1.54, 1.807) is 7.05 Å². The average molecular weight is 544 g/mol. The predicted molar refractivity (Wildman–Crippen MR) is 117 cm³/mol. The zero-order valence-electron chi connectivity index (χ0n) is 15.1. The van der Waals surface area contributed by atoms with Crippen molar-refractivity contribution in [3.8, 4) is 0 Å². The predicted octanol–water partition coefficient (Wildman–Crippen LogP) is 3.70.